The van der Waals surface area contributed by atoms with Gasteiger partial charge in [0.1, 0.15) is 11.5 Å². The number of aromatic nitrogens is 2. The summed E-state index contributed by atoms with van der Waals surface area (Å²) in [5.74, 6) is -0.0410. The van der Waals surface area contributed by atoms with Crippen LogP contribution < -0.4 is 11.5 Å². The van der Waals surface area contributed by atoms with Crippen LogP contribution in [0.25, 0.3) is 0 Å². The SMILES string of the molecule is CC(O)C(N)C(=O)c1ccnc(CN)n1. The number of hydrogen-bond acceptors (Lipinski definition) is 6. The summed E-state index contributed by atoms with van der Waals surface area (Å²) in [6.45, 7) is 1.61. The summed E-state index contributed by atoms with van der Waals surface area (Å²) in [6.07, 6.45) is 0.533. The molecular formula is C9H14N4O2. The monoisotopic (exact) mass is 210 g/mol. The molecule has 0 aromatic carbocycles. The zero-order chi connectivity index (χ0) is 11.4. The molecule has 6 heteroatoms. The van der Waals surface area contributed by atoms with Crippen LogP contribution in [-0.2, 0) is 6.54 Å². The Hall–Kier alpha value is -1.37. The maximum Gasteiger partial charge on any atom is 0.200 e. The van der Waals surface area contributed by atoms with Crippen molar-refractivity contribution in [2.24, 2.45) is 11.5 Å². The normalized spacial score (nSPS) is 14.7. The third kappa shape index (κ3) is 2.79. The van der Waals surface area contributed by atoms with Gasteiger partial charge >= 0.3 is 0 Å². The molecule has 1 aromatic heterocycles. The van der Waals surface area contributed by atoms with Crippen LogP contribution in [0.1, 0.15) is 23.2 Å². The number of Topliss-reactive ketones (excluding diaryl/α,β-unsaturated/α-hetero) is 1. The summed E-state index contributed by atoms with van der Waals surface area (Å²) in [4.78, 5) is 19.4. The minimum Gasteiger partial charge on any atom is -0.391 e. The molecule has 6 nitrogen and oxygen atoms in total. The first-order valence-electron chi connectivity index (χ1n) is 4.56. The highest BCUT2D eigenvalue weighted by Gasteiger charge is 2.21. The average Bonchev–Trinajstić information content (AvgIpc) is 2.27. The summed E-state index contributed by atoms with van der Waals surface area (Å²) >= 11 is 0. The fraction of sp³-hybridized carbons (Fsp3) is 0.444. The zero-order valence-corrected chi connectivity index (χ0v) is 8.42. The standard InChI is InChI=1S/C9H14N4O2/c1-5(14)8(11)9(15)6-2-3-12-7(4-10)13-6/h2-3,5,8,14H,4,10-11H2,1H3. The number of aliphatic hydroxyl groups excluding tert-OH is 1. The summed E-state index contributed by atoms with van der Waals surface area (Å²) < 4.78 is 0. The lowest BCUT2D eigenvalue weighted by Crippen LogP contribution is -2.40. The van der Waals surface area contributed by atoms with Gasteiger partial charge in [-0.15, -0.1) is 0 Å². The van der Waals surface area contributed by atoms with E-state index in [9.17, 15) is 4.79 Å². The van der Waals surface area contributed by atoms with Crippen molar-refractivity contribution in [1.29, 1.82) is 0 Å². The van der Waals surface area contributed by atoms with Gasteiger partial charge in [-0.3, -0.25) is 4.79 Å². The van der Waals surface area contributed by atoms with Crippen LogP contribution in [0.2, 0.25) is 0 Å². The van der Waals surface area contributed by atoms with Gasteiger partial charge in [0.05, 0.1) is 18.7 Å². The van der Waals surface area contributed by atoms with Gasteiger partial charge in [0.15, 0.2) is 0 Å². The Kier molecular flexibility index (Phi) is 3.84. The second-order valence-electron chi connectivity index (χ2n) is 3.19. The van der Waals surface area contributed by atoms with Gasteiger partial charge in [0, 0.05) is 6.20 Å². The summed E-state index contributed by atoms with van der Waals surface area (Å²) in [5, 5.41) is 9.17. The van der Waals surface area contributed by atoms with Crippen molar-refractivity contribution in [2.75, 3.05) is 0 Å². The molecule has 0 amide bonds. The minimum atomic E-state index is -0.967. The lowest BCUT2D eigenvalue weighted by atomic mass is 10.1. The number of nitrogens with two attached hydrogens (primary N) is 2. The minimum absolute atomic E-state index is 0.158. The van der Waals surface area contributed by atoms with Gasteiger partial charge in [0.2, 0.25) is 5.78 Å². The van der Waals surface area contributed by atoms with Gasteiger partial charge in [-0.1, -0.05) is 0 Å². The molecule has 15 heavy (non-hydrogen) atoms. The van der Waals surface area contributed by atoms with Crippen LogP contribution in [0.15, 0.2) is 12.3 Å². The van der Waals surface area contributed by atoms with Crippen molar-refractivity contribution >= 4 is 5.78 Å². The van der Waals surface area contributed by atoms with Crippen molar-refractivity contribution in [3.05, 3.63) is 23.8 Å². The predicted molar refractivity (Wildman–Crippen MR) is 53.9 cm³/mol. The van der Waals surface area contributed by atoms with Crippen molar-refractivity contribution in [1.82, 2.24) is 9.97 Å². The lowest BCUT2D eigenvalue weighted by Gasteiger charge is -2.12. The van der Waals surface area contributed by atoms with Crippen molar-refractivity contribution in [3.63, 3.8) is 0 Å². The van der Waals surface area contributed by atoms with E-state index in [-0.39, 0.29) is 12.2 Å². The molecule has 1 rings (SSSR count). The van der Waals surface area contributed by atoms with E-state index in [2.05, 4.69) is 9.97 Å². The van der Waals surface area contributed by atoms with E-state index in [0.717, 1.165) is 0 Å². The molecule has 0 bridgehead atoms. The number of nitrogens with zero attached hydrogens (tertiary/aromatic N) is 2. The zero-order valence-electron chi connectivity index (χ0n) is 8.42. The molecule has 1 aromatic rings. The number of rotatable bonds is 4. The van der Waals surface area contributed by atoms with Crippen LogP contribution in [0.4, 0.5) is 0 Å². The quantitative estimate of drug-likeness (QED) is 0.539. The van der Waals surface area contributed by atoms with Gasteiger partial charge < -0.3 is 16.6 Å². The summed E-state index contributed by atoms with van der Waals surface area (Å²) in [5.41, 5.74) is 11.0. The molecule has 2 atom stereocenters. The molecule has 2 unspecified atom stereocenters. The van der Waals surface area contributed by atoms with Crippen LogP contribution >= 0.6 is 0 Å². The maximum atomic E-state index is 11.6. The highest BCUT2D eigenvalue weighted by atomic mass is 16.3. The van der Waals surface area contributed by atoms with E-state index in [1.165, 1.54) is 19.2 Å². The van der Waals surface area contributed by atoms with Crippen molar-refractivity contribution < 1.29 is 9.90 Å². The fourth-order valence-electron chi connectivity index (χ4n) is 1.02. The highest BCUT2D eigenvalue weighted by molar-refractivity contribution is 5.98. The largest absolute Gasteiger partial charge is 0.391 e. The van der Waals surface area contributed by atoms with Crippen LogP contribution in [0.5, 0.6) is 0 Å². The van der Waals surface area contributed by atoms with Crippen LogP contribution in [0, 0.1) is 0 Å². The Morgan fingerprint density at radius 1 is 1.67 bits per heavy atom. The average molecular weight is 210 g/mol. The van der Waals surface area contributed by atoms with E-state index in [0.29, 0.717) is 5.82 Å². The number of carbonyl (C=O) groups excluding carboxylic acids is 1. The molecule has 5 N–H and O–H groups in total. The Balaban J connectivity index is 2.91. The molecular weight excluding hydrogens is 196 g/mol. The van der Waals surface area contributed by atoms with Gasteiger partial charge in [-0.25, -0.2) is 9.97 Å². The molecule has 0 aliphatic rings. The van der Waals surface area contributed by atoms with Gasteiger partial charge in [0.25, 0.3) is 0 Å². The first-order chi connectivity index (χ1) is 7.06. The van der Waals surface area contributed by atoms with Crippen LogP contribution in [-0.4, -0.2) is 33.0 Å². The third-order valence-corrected chi connectivity index (χ3v) is 1.96. The molecule has 0 aliphatic heterocycles. The third-order valence-electron chi connectivity index (χ3n) is 1.96. The maximum absolute atomic E-state index is 11.6. The molecule has 0 aliphatic carbocycles. The first kappa shape index (κ1) is 11.7. The molecule has 0 spiro atoms. The Bertz CT molecular complexity index is 354. The highest BCUT2D eigenvalue weighted by Crippen LogP contribution is 2.02. The van der Waals surface area contributed by atoms with E-state index in [4.69, 9.17) is 16.6 Å². The van der Waals surface area contributed by atoms with Crippen molar-refractivity contribution in [2.45, 2.75) is 25.6 Å². The second kappa shape index (κ2) is 4.92. The number of ketones is 1. The summed E-state index contributed by atoms with van der Waals surface area (Å²) in [6, 6.07) is 0.481. The first-order valence-corrected chi connectivity index (χ1v) is 4.56. The lowest BCUT2D eigenvalue weighted by molar-refractivity contribution is 0.0842. The fourth-order valence-corrected chi connectivity index (χ4v) is 1.02. The molecule has 0 saturated carbocycles. The molecule has 1 heterocycles. The molecule has 82 valence electrons. The van der Waals surface area contributed by atoms with E-state index in [1.807, 2.05) is 0 Å². The van der Waals surface area contributed by atoms with E-state index >= 15 is 0 Å². The molecule has 0 radical (unpaired) electrons. The Labute approximate surface area is 87.3 Å². The number of aliphatic hydroxyl groups is 1. The van der Waals surface area contributed by atoms with Gasteiger partial charge in [-0.05, 0) is 13.0 Å². The van der Waals surface area contributed by atoms with E-state index in [1.54, 1.807) is 0 Å². The number of carbonyl (C=O) groups is 1. The summed E-state index contributed by atoms with van der Waals surface area (Å²) in [7, 11) is 0. The van der Waals surface area contributed by atoms with Gasteiger partial charge in [-0.2, -0.15) is 0 Å². The van der Waals surface area contributed by atoms with Crippen LogP contribution in [0.3, 0.4) is 0 Å². The smallest absolute Gasteiger partial charge is 0.200 e. The topological polar surface area (TPSA) is 115 Å². The molecule has 0 saturated heterocycles. The Morgan fingerprint density at radius 3 is 2.87 bits per heavy atom. The van der Waals surface area contributed by atoms with Crippen molar-refractivity contribution in [3.8, 4) is 0 Å². The predicted octanol–water partition coefficient (Wildman–Crippen LogP) is -1.17. The Morgan fingerprint density at radius 2 is 2.33 bits per heavy atom. The number of hydrogen-bond donors (Lipinski definition) is 3. The van der Waals surface area contributed by atoms with E-state index < -0.39 is 17.9 Å². The second-order valence-corrected chi connectivity index (χ2v) is 3.19. The molecule has 0 fully saturated rings.